The maximum Gasteiger partial charge on any atom is 0.238 e. The first-order chi connectivity index (χ1) is 11.6. The van der Waals surface area contributed by atoms with E-state index in [1.165, 1.54) is 0 Å². The van der Waals surface area contributed by atoms with E-state index in [1.54, 1.807) is 0 Å². The van der Waals surface area contributed by atoms with Gasteiger partial charge in [-0.05, 0) is 31.4 Å². The van der Waals surface area contributed by atoms with E-state index < -0.39 is 6.04 Å². The molecule has 2 amide bonds. The largest absolute Gasteiger partial charge is 0.352 e. The molecule has 1 aliphatic rings. The van der Waals surface area contributed by atoms with E-state index in [9.17, 15) is 9.59 Å². The normalized spacial score (nSPS) is 17.2. The van der Waals surface area contributed by atoms with Gasteiger partial charge in [-0.25, -0.2) is 0 Å². The molecule has 132 valence electrons. The summed E-state index contributed by atoms with van der Waals surface area (Å²) in [4.78, 5) is 26.1. The molecule has 4 N–H and O–H groups in total. The van der Waals surface area contributed by atoms with E-state index in [0.29, 0.717) is 13.0 Å². The molecule has 6 heteroatoms. The molecule has 1 atom stereocenters. The number of amides is 2. The van der Waals surface area contributed by atoms with Crippen LogP contribution in [0.2, 0.25) is 0 Å². The summed E-state index contributed by atoms with van der Waals surface area (Å²) in [5.41, 5.74) is 6.65. The lowest BCUT2D eigenvalue weighted by molar-refractivity contribution is -0.124. The van der Waals surface area contributed by atoms with Crippen molar-refractivity contribution >= 4 is 17.5 Å². The summed E-state index contributed by atoms with van der Waals surface area (Å²) in [5.74, 6) is -0.0641. The van der Waals surface area contributed by atoms with Crippen molar-refractivity contribution in [3.8, 4) is 0 Å². The van der Waals surface area contributed by atoms with Crippen molar-refractivity contribution in [3.63, 3.8) is 0 Å². The first-order valence-corrected chi connectivity index (χ1v) is 8.71. The summed E-state index contributed by atoms with van der Waals surface area (Å²) in [6, 6.07) is 9.21. The first kappa shape index (κ1) is 18.4. The van der Waals surface area contributed by atoms with Crippen LogP contribution in [-0.2, 0) is 9.59 Å². The van der Waals surface area contributed by atoms with Crippen molar-refractivity contribution in [1.29, 1.82) is 0 Å². The van der Waals surface area contributed by atoms with Crippen molar-refractivity contribution in [2.45, 2.75) is 44.7 Å². The Morgan fingerprint density at radius 2 is 1.92 bits per heavy atom. The van der Waals surface area contributed by atoms with E-state index in [1.807, 2.05) is 37.3 Å². The van der Waals surface area contributed by atoms with Gasteiger partial charge in [-0.15, -0.1) is 0 Å². The number of para-hydroxylation sites is 1. The maximum absolute atomic E-state index is 12.1. The Balaban J connectivity index is 1.69. The predicted octanol–water partition coefficient (Wildman–Crippen LogP) is 1.33. The third kappa shape index (κ3) is 5.94. The van der Waals surface area contributed by atoms with E-state index in [0.717, 1.165) is 38.0 Å². The molecule has 0 aliphatic carbocycles. The highest BCUT2D eigenvalue weighted by Crippen LogP contribution is 2.11. The van der Waals surface area contributed by atoms with E-state index in [4.69, 9.17) is 5.73 Å². The number of hydrogen-bond donors (Lipinski definition) is 3. The summed E-state index contributed by atoms with van der Waals surface area (Å²) in [7, 11) is 0. The molecule has 1 aromatic rings. The van der Waals surface area contributed by atoms with E-state index >= 15 is 0 Å². The van der Waals surface area contributed by atoms with Crippen LogP contribution in [0.4, 0.5) is 5.69 Å². The second kappa shape index (κ2) is 9.39. The fourth-order valence-electron chi connectivity index (χ4n) is 2.91. The Bertz CT molecular complexity index is 527. The molecule has 0 aromatic heterocycles. The third-order valence-corrected chi connectivity index (χ3v) is 4.30. The average Bonchev–Trinajstić information content (AvgIpc) is 2.57. The van der Waals surface area contributed by atoms with E-state index in [-0.39, 0.29) is 17.9 Å². The van der Waals surface area contributed by atoms with Crippen molar-refractivity contribution < 1.29 is 9.59 Å². The fourth-order valence-corrected chi connectivity index (χ4v) is 2.91. The zero-order chi connectivity index (χ0) is 17.4. The number of nitrogens with one attached hydrogen (secondary N) is 2. The van der Waals surface area contributed by atoms with E-state index in [2.05, 4.69) is 15.5 Å². The lowest BCUT2D eigenvalue weighted by Gasteiger charge is -2.32. The van der Waals surface area contributed by atoms with Gasteiger partial charge >= 0.3 is 0 Å². The minimum Gasteiger partial charge on any atom is -0.352 e. The number of piperidine rings is 1. The highest BCUT2D eigenvalue weighted by Gasteiger charge is 2.23. The van der Waals surface area contributed by atoms with Crippen LogP contribution >= 0.6 is 0 Å². The summed E-state index contributed by atoms with van der Waals surface area (Å²) < 4.78 is 0. The number of rotatable bonds is 7. The lowest BCUT2D eigenvalue weighted by Crippen LogP contribution is -2.50. The highest BCUT2D eigenvalue weighted by molar-refractivity contribution is 5.92. The quantitative estimate of drug-likeness (QED) is 0.703. The molecule has 6 nitrogen and oxygen atoms in total. The molecule has 24 heavy (non-hydrogen) atoms. The fraction of sp³-hybridized carbons (Fsp3) is 0.556. The maximum atomic E-state index is 12.1. The second-order valence-electron chi connectivity index (χ2n) is 6.37. The predicted molar refractivity (Wildman–Crippen MR) is 95.6 cm³/mol. The third-order valence-electron chi connectivity index (χ3n) is 4.30. The zero-order valence-electron chi connectivity index (χ0n) is 14.3. The van der Waals surface area contributed by atoms with Crippen LogP contribution in [-0.4, -0.2) is 48.4 Å². The van der Waals surface area contributed by atoms with Crippen molar-refractivity contribution in [1.82, 2.24) is 10.2 Å². The van der Waals surface area contributed by atoms with Gasteiger partial charge < -0.3 is 16.4 Å². The van der Waals surface area contributed by atoms with Gasteiger partial charge in [0.25, 0.3) is 0 Å². The Kier molecular flexibility index (Phi) is 7.21. The molecule has 0 spiro atoms. The standard InChI is InChI=1S/C18H28N4O2/c1-2-6-16(19)18(24)21-15-9-11-22(12-10-15)13-17(23)20-14-7-4-3-5-8-14/h3-5,7-8,15-16H,2,6,9-13,19H2,1H3,(H,20,23)(H,21,24). The van der Waals surface area contributed by atoms with Gasteiger partial charge in [0.15, 0.2) is 0 Å². The number of nitrogens with zero attached hydrogens (tertiary/aromatic N) is 1. The number of anilines is 1. The summed E-state index contributed by atoms with van der Waals surface area (Å²) >= 11 is 0. The van der Waals surface area contributed by atoms with Crippen LogP contribution in [0.15, 0.2) is 30.3 Å². The molecular formula is C18H28N4O2. The number of hydrogen-bond acceptors (Lipinski definition) is 4. The highest BCUT2D eigenvalue weighted by atomic mass is 16.2. The molecule has 0 saturated carbocycles. The minimum absolute atomic E-state index is 0.00588. The molecule has 2 rings (SSSR count). The van der Waals surface area contributed by atoms with Gasteiger partial charge in [-0.1, -0.05) is 31.5 Å². The first-order valence-electron chi connectivity index (χ1n) is 8.71. The van der Waals surface area contributed by atoms with Crippen molar-refractivity contribution in [2.75, 3.05) is 25.0 Å². The molecule has 0 bridgehead atoms. The average molecular weight is 332 g/mol. The van der Waals surface area contributed by atoms with Crippen LogP contribution in [0.25, 0.3) is 0 Å². The smallest absolute Gasteiger partial charge is 0.238 e. The van der Waals surface area contributed by atoms with Crippen LogP contribution < -0.4 is 16.4 Å². The number of nitrogens with two attached hydrogens (primary N) is 1. The van der Waals surface area contributed by atoms with Gasteiger partial charge in [0.05, 0.1) is 12.6 Å². The Morgan fingerprint density at radius 3 is 2.54 bits per heavy atom. The van der Waals surface area contributed by atoms with Gasteiger partial charge in [-0.3, -0.25) is 14.5 Å². The van der Waals surface area contributed by atoms with Crippen LogP contribution in [0.5, 0.6) is 0 Å². The summed E-state index contributed by atoms with van der Waals surface area (Å²) in [6.07, 6.45) is 3.32. The van der Waals surface area contributed by atoms with Crippen molar-refractivity contribution in [3.05, 3.63) is 30.3 Å². The van der Waals surface area contributed by atoms with Gasteiger partial charge in [-0.2, -0.15) is 0 Å². The number of benzene rings is 1. The van der Waals surface area contributed by atoms with Gasteiger partial charge in [0.2, 0.25) is 11.8 Å². The molecule has 0 radical (unpaired) electrons. The topological polar surface area (TPSA) is 87.5 Å². The Hall–Kier alpha value is -1.92. The monoisotopic (exact) mass is 332 g/mol. The molecule has 1 aliphatic heterocycles. The van der Waals surface area contributed by atoms with Crippen LogP contribution in [0, 0.1) is 0 Å². The van der Waals surface area contributed by atoms with Crippen LogP contribution in [0.3, 0.4) is 0 Å². The summed E-state index contributed by atoms with van der Waals surface area (Å²) in [5, 5.41) is 5.92. The molecule has 1 aromatic carbocycles. The summed E-state index contributed by atoms with van der Waals surface area (Å²) in [6.45, 7) is 4.00. The minimum atomic E-state index is -0.412. The van der Waals surface area contributed by atoms with Crippen LogP contribution in [0.1, 0.15) is 32.6 Å². The molecule has 1 unspecified atom stereocenters. The second-order valence-corrected chi connectivity index (χ2v) is 6.37. The van der Waals surface area contributed by atoms with Crippen molar-refractivity contribution in [2.24, 2.45) is 5.73 Å². The molecule has 1 heterocycles. The Morgan fingerprint density at radius 1 is 1.25 bits per heavy atom. The molecule has 1 fully saturated rings. The lowest BCUT2D eigenvalue weighted by atomic mass is 10.0. The SMILES string of the molecule is CCCC(N)C(=O)NC1CCN(CC(=O)Nc2ccccc2)CC1. The zero-order valence-corrected chi connectivity index (χ0v) is 14.3. The number of carbonyl (C=O) groups is 2. The Labute approximate surface area is 143 Å². The molecular weight excluding hydrogens is 304 g/mol. The van der Waals surface area contributed by atoms with Gasteiger partial charge in [0, 0.05) is 24.8 Å². The molecule has 1 saturated heterocycles. The van der Waals surface area contributed by atoms with Gasteiger partial charge in [0.1, 0.15) is 0 Å². The number of likely N-dealkylation sites (tertiary alicyclic amines) is 1. The number of carbonyl (C=O) groups excluding carboxylic acids is 2.